The molecule has 2 aliphatic heterocycles. The van der Waals surface area contributed by atoms with Gasteiger partial charge in [-0.1, -0.05) is 39.0 Å². The highest BCUT2D eigenvalue weighted by Gasteiger charge is 2.35. The van der Waals surface area contributed by atoms with Gasteiger partial charge in [0.15, 0.2) is 0 Å². The van der Waals surface area contributed by atoms with Gasteiger partial charge in [-0.05, 0) is 60.4 Å². The second-order valence-corrected chi connectivity index (χ2v) is 11.2. The first-order valence-corrected chi connectivity index (χ1v) is 12.7. The van der Waals surface area contributed by atoms with Crippen LogP contribution in [-0.2, 0) is 10.0 Å². The van der Waals surface area contributed by atoms with Crippen molar-refractivity contribution in [2.75, 3.05) is 31.6 Å². The van der Waals surface area contributed by atoms with Crippen LogP contribution < -0.4 is 9.64 Å². The molecule has 1 fully saturated rings. The number of methoxy groups -OCH3 is 1. The lowest BCUT2D eigenvalue weighted by Crippen LogP contribution is -2.42. The number of nitrogens with zero attached hydrogens (tertiary/aromatic N) is 2. The minimum atomic E-state index is -3.79. The molecule has 0 spiro atoms. The Morgan fingerprint density at radius 2 is 1.72 bits per heavy atom. The van der Waals surface area contributed by atoms with E-state index in [-0.39, 0.29) is 28.4 Å². The molecule has 0 saturated carbocycles. The first-order valence-electron chi connectivity index (χ1n) is 11.3. The highest BCUT2D eigenvalue weighted by Crippen LogP contribution is 2.37. The molecule has 172 valence electrons. The summed E-state index contributed by atoms with van der Waals surface area (Å²) in [6.07, 6.45) is 1.88. The first-order chi connectivity index (χ1) is 15.2. The zero-order valence-corrected chi connectivity index (χ0v) is 20.1. The fourth-order valence-corrected chi connectivity index (χ4v) is 6.93. The van der Waals surface area contributed by atoms with Gasteiger partial charge in [-0.25, -0.2) is 8.42 Å². The minimum absolute atomic E-state index is 0.0609. The number of carbonyl (C=O) groups excluding carboxylic acids is 1. The molecule has 4 rings (SSSR count). The third-order valence-corrected chi connectivity index (χ3v) is 8.51. The van der Waals surface area contributed by atoms with Gasteiger partial charge in [0.05, 0.1) is 7.11 Å². The lowest BCUT2D eigenvalue weighted by atomic mass is 9.91. The Morgan fingerprint density at radius 1 is 1.03 bits per heavy atom. The van der Waals surface area contributed by atoms with Crippen LogP contribution in [0.2, 0.25) is 0 Å². The SMILES string of the molecule is COc1ccc(C(=O)N2CCC(C)c3ccccc32)cc1S(=O)(=O)N1CC(C)CC(C)C1. The van der Waals surface area contributed by atoms with Crippen LogP contribution in [0.25, 0.3) is 0 Å². The second kappa shape index (κ2) is 8.87. The summed E-state index contributed by atoms with van der Waals surface area (Å²) in [6.45, 7) is 7.87. The smallest absolute Gasteiger partial charge is 0.258 e. The van der Waals surface area contributed by atoms with Gasteiger partial charge >= 0.3 is 0 Å². The Kier molecular flexibility index (Phi) is 6.32. The van der Waals surface area contributed by atoms with Crippen molar-refractivity contribution < 1.29 is 17.9 Å². The van der Waals surface area contributed by atoms with E-state index in [2.05, 4.69) is 26.8 Å². The summed E-state index contributed by atoms with van der Waals surface area (Å²) in [5.74, 6) is 1.03. The summed E-state index contributed by atoms with van der Waals surface area (Å²) in [4.78, 5) is 15.3. The largest absolute Gasteiger partial charge is 0.495 e. The number of amides is 1. The number of para-hydroxylation sites is 1. The van der Waals surface area contributed by atoms with Crippen molar-refractivity contribution in [3.63, 3.8) is 0 Å². The molecule has 1 amide bonds. The number of rotatable bonds is 4. The maximum atomic E-state index is 13.6. The Morgan fingerprint density at radius 3 is 2.41 bits per heavy atom. The van der Waals surface area contributed by atoms with Gasteiger partial charge in [-0.15, -0.1) is 0 Å². The average Bonchev–Trinajstić information content (AvgIpc) is 2.78. The summed E-state index contributed by atoms with van der Waals surface area (Å²) >= 11 is 0. The van der Waals surface area contributed by atoms with Crippen molar-refractivity contribution in [1.29, 1.82) is 0 Å². The number of sulfonamides is 1. The summed E-state index contributed by atoms with van der Waals surface area (Å²) < 4.78 is 34.1. The van der Waals surface area contributed by atoms with Crippen LogP contribution in [0, 0.1) is 11.8 Å². The number of fused-ring (bicyclic) bond motifs is 1. The quantitative estimate of drug-likeness (QED) is 0.679. The molecule has 3 unspecified atom stereocenters. The minimum Gasteiger partial charge on any atom is -0.495 e. The predicted molar refractivity (Wildman–Crippen MR) is 126 cm³/mol. The van der Waals surface area contributed by atoms with Gasteiger partial charge in [-0.3, -0.25) is 4.79 Å². The molecule has 2 heterocycles. The summed E-state index contributed by atoms with van der Waals surface area (Å²) in [5.41, 5.74) is 2.40. The molecular formula is C25H32N2O4S. The van der Waals surface area contributed by atoms with Gasteiger partial charge in [0.25, 0.3) is 5.91 Å². The number of ether oxygens (including phenoxy) is 1. The molecule has 0 aliphatic carbocycles. The summed E-state index contributed by atoms with van der Waals surface area (Å²) in [5, 5.41) is 0. The number of benzene rings is 2. The Hall–Kier alpha value is -2.38. The van der Waals surface area contributed by atoms with Crippen LogP contribution in [-0.4, -0.2) is 45.4 Å². The van der Waals surface area contributed by atoms with E-state index < -0.39 is 10.0 Å². The van der Waals surface area contributed by atoms with Gasteiger partial charge < -0.3 is 9.64 Å². The van der Waals surface area contributed by atoms with E-state index in [4.69, 9.17) is 4.74 Å². The third-order valence-electron chi connectivity index (χ3n) is 6.65. The van der Waals surface area contributed by atoms with E-state index in [0.717, 1.165) is 24.1 Å². The lowest BCUT2D eigenvalue weighted by Gasteiger charge is -2.34. The fraction of sp³-hybridized carbons (Fsp3) is 0.480. The lowest BCUT2D eigenvalue weighted by molar-refractivity contribution is 0.0984. The molecule has 2 aromatic carbocycles. The Balaban J connectivity index is 1.71. The number of carbonyl (C=O) groups is 1. The molecule has 0 bridgehead atoms. The van der Waals surface area contributed by atoms with E-state index in [1.165, 1.54) is 17.5 Å². The van der Waals surface area contributed by atoms with Crippen LogP contribution in [0.15, 0.2) is 47.4 Å². The van der Waals surface area contributed by atoms with Crippen LogP contribution >= 0.6 is 0 Å². The molecule has 0 N–H and O–H groups in total. The zero-order chi connectivity index (χ0) is 23.0. The van der Waals surface area contributed by atoms with E-state index in [0.29, 0.717) is 31.1 Å². The van der Waals surface area contributed by atoms with Crippen molar-refractivity contribution in [3.05, 3.63) is 53.6 Å². The second-order valence-electron chi connectivity index (χ2n) is 9.34. The first kappa shape index (κ1) is 22.8. The Labute approximate surface area is 191 Å². The highest BCUT2D eigenvalue weighted by molar-refractivity contribution is 7.89. The van der Waals surface area contributed by atoms with Crippen LogP contribution in [0.1, 0.15) is 55.5 Å². The number of piperidine rings is 1. The standard InChI is InChI=1S/C25H32N2O4S/c1-17-13-18(2)16-26(15-17)32(29,30)24-14-20(9-10-23(24)31-4)25(28)27-12-11-19(3)21-7-5-6-8-22(21)27/h5-10,14,17-19H,11-13,15-16H2,1-4H3. The summed E-state index contributed by atoms with van der Waals surface area (Å²) in [7, 11) is -2.33. The van der Waals surface area contributed by atoms with E-state index in [1.807, 2.05) is 18.2 Å². The van der Waals surface area contributed by atoms with Crippen molar-refractivity contribution in [2.24, 2.45) is 11.8 Å². The van der Waals surface area contributed by atoms with Crippen molar-refractivity contribution in [1.82, 2.24) is 4.31 Å². The van der Waals surface area contributed by atoms with Crippen molar-refractivity contribution >= 4 is 21.6 Å². The normalized spacial score (nSPS) is 24.1. The average molecular weight is 457 g/mol. The molecule has 0 aromatic heterocycles. The third kappa shape index (κ3) is 4.16. The zero-order valence-electron chi connectivity index (χ0n) is 19.2. The molecule has 3 atom stereocenters. The van der Waals surface area contributed by atoms with E-state index in [1.54, 1.807) is 17.0 Å². The van der Waals surface area contributed by atoms with Crippen molar-refractivity contribution in [2.45, 2.75) is 44.4 Å². The molecule has 0 radical (unpaired) electrons. The van der Waals surface area contributed by atoms with Crippen LogP contribution in [0.3, 0.4) is 0 Å². The van der Waals surface area contributed by atoms with Crippen molar-refractivity contribution in [3.8, 4) is 5.75 Å². The summed E-state index contributed by atoms with van der Waals surface area (Å²) in [6, 6.07) is 12.7. The fourth-order valence-electron chi connectivity index (χ4n) is 5.07. The molecule has 7 heteroatoms. The maximum Gasteiger partial charge on any atom is 0.258 e. The van der Waals surface area contributed by atoms with Gasteiger partial charge in [0.2, 0.25) is 10.0 Å². The monoisotopic (exact) mass is 456 g/mol. The Bertz CT molecular complexity index is 1100. The molecule has 6 nitrogen and oxygen atoms in total. The maximum absolute atomic E-state index is 13.6. The molecule has 32 heavy (non-hydrogen) atoms. The molecule has 1 saturated heterocycles. The van der Waals surface area contributed by atoms with Gasteiger partial charge in [-0.2, -0.15) is 4.31 Å². The highest BCUT2D eigenvalue weighted by atomic mass is 32.2. The van der Waals surface area contributed by atoms with E-state index in [9.17, 15) is 13.2 Å². The number of hydrogen-bond donors (Lipinski definition) is 0. The predicted octanol–water partition coefficient (Wildman–Crippen LogP) is 4.52. The molecular weight excluding hydrogens is 424 g/mol. The topological polar surface area (TPSA) is 66.9 Å². The number of hydrogen-bond acceptors (Lipinski definition) is 4. The molecule has 2 aromatic rings. The van der Waals surface area contributed by atoms with E-state index >= 15 is 0 Å². The van der Waals surface area contributed by atoms with Crippen LogP contribution in [0.5, 0.6) is 5.75 Å². The van der Waals surface area contributed by atoms with Crippen LogP contribution in [0.4, 0.5) is 5.69 Å². The van der Waals surface area contributed by atoms with Gasteiger partial charge in [0.1, 0.15) is 10.6 Å². The van der Waals surface area contributed by atoms with Gasteiger partial charge in [0, 0.05) is 30.9 Å². The molecule has 2 aliphatic rings. The number of anilines is 1.